The van der Waals surface area contributed by atoms with Gasteiger partial charge in [0.25, 0.3) is 5.91 Å². The quantitative estimate of drug-likeness (QED) is 0.798. The number of hydrogen-bond donors (Lipinski definition) is 1. The second kappa shape index (κ2) is 5.63. The summed E-state index contributed by atoms with van der Waals surface area (Å²) in [6, 6.07) is 16.9. The van der Waals surface area contributed by atoms with Crippen LogP contribution in [0, 0.1) is 0 Å². The van der Waals surface area contributed by atoms with Crippen LogP contribution in [-0.2, 0) is 7.05 Å². The van der Waals surface area contributed by atoms with Gasteiger partial charge in [-0.2, -0.15) is 5.10 Å². The van der Waals surface area contributed by atoms with Crippen molar-refractivity contribution in [2.45, 2.75) is 0 Å². The van der Waals surface area contributed by atoms with Crippen LogP contribution in [0.1, 0.15) is 10.4 Å². The number of carbonyl (C=O) groups excluding carboxylic acids is 1. The standard InChI is InChI=1S/C17H15N3O/c1-20-12-15(11-18-20)13-6-5-7-14(10-13)17(21)19-16-8-3-2-4-9-16/h2-12H,1H3,(H,19,21). The van der Waals surface area contributed by atoms with Crippen LogP contribution in [0.15, 0.2) is 67.0 Å². The molecule has 2 aromatic carbocycles. The zero-order valence-electron chi connectivity index (χ0n) is 11.7. The number of para-hydroxylation sites is 1. The molecule has 0 fully saturated rings. The van der Waals surface area contributed by atoms with E-state index in [1.807, 2.05) is 61.8 Å². The molecule has 0 spiro atoms. The van der Waals surface area contributed by atoms with Crippen LogP contribution in [0.5, 0.6) is 0 Å². The number of nitrogens with one attached hydrogen (secondary N) is 1. The van der Waals surface area contributed by atoms with E-state index in [-0.39, 0.29) is 5.91 Å². The van der Waals surface area contributed by atoms with Crippen molar-refractivity contribution in [2.75, 3.05) is 5.32 Å². The molecule has 0 saturated carbocycles. The Morgan fingerprint density at radius 1 is 1.05 bits per heavy atom. The van der Waals surface area contributed by atoms with E-state index in [9.17, 15) is 4.79 Å². The summed E-state index contributed by atoms with van der Waals surface area (Å²) in [5.74, 6) is -0.119. The van der Waals surface area contributed by atoms with Crippen molar-refractivity contribution in [3.63, 3.8) is 0 Å². The van der Waals surface area contributed by atoms with Gasteiger partial charge in [-0.05, 0) is 29.8 Å². The predicted molar refractivity (Wildman–Crippen MR) is 83.0 cm³/mol. The number of anilines is 1. The van der Waals surface area contributed by atoms with Crippen LogP contribution in [0.2, 0.25) is 0 Å². The Morgan fingerprint density at radius 3 is 2.57 bits per heavy atom. The maximum Gasteiger partial charge on any atom is 0.255 e. The van der Waals surface area contributed by atoms with E-state index in [0.717, 1.165) is 16.8 Å². The molecule has 104 valence electrons. The normalized spacial score (nSPS) is 10.3. The highest BCUT2D eigenvalue weighted by molar-refractivity contribution is 6.04. The minimum Gasteiger partial charge on any atom is -0.322 e. The van der Waals surface area contributed by atoms with E-state index in [1.54, 1.807) is 16.9 Å². The van der Waals surface area contributed by atoms with Crippen molar-refractivity contribution in [1.82, 2.24) is 9.78 Å². The van der Waals surface area contributed by atoms with E-state index >= 15 is 0 Å². The Morgan fingerprint density at radius 2 is 1.86 bits per heavy atom. The third kappa shape index (κ3) is 3.00. The summed E-state index contributed by atoms with van der Waals surface area (Å²) in [5, 5.41) is 7.03. The molecule has 0 aliphatic heterocycles. The summed E-state index contributed by atoms with van der Waals surface area (Å²) in [7, 11) is 1.87. The van der Waals surface area contributed by atoms with Crippen LogP contribution >= 0.6 is 0 Å². The van der Waals surface area contributed by atoms with Crippen molar-refractivity contribution in [1.29, 1.82) is 0 Å². The highest BCUT2D eigenvalue weighted by atomic mass is 16.1. The van der Waals surface area contributed by atoms with Gasteiger partial charge in [0, 0.05) is 30.1 Å². The maximum atomic E-state index is 12.3. The minimum absolute atomic E-state index is 0.119. The average molecular weight is 277 g/mol. The first-order chi connectivity index (χ1) is 10.2. The maximum absolute atomic E-state index is 12.3. The highest BCUT2D eigenvalue weighted by Gasteiger charge is 2.08. The lowest BCUT2D eigenvalue weighted by Gasteiger charge is -2.06. The molecule has 1 N–H and O–H groups in total. The molecule has 3 aromatic rings. The van der Waals surface area contributed by atoms with Crippen LogP contribution < -0.4 is 5.32 Å². The van der Waals surface area contributed by atoms with E-state index in [0.29, 0.717) is 5.56 Å². The van der Waals surface area contributed by atoms with E-state index in [4.69, 9.17) is 0 Å². The van der Waals surface area contributed by atoms with Gasteiger partial charge < -0.3 is 5.32 Å². The topological polar surface area (TPSA) is 46.9 Å². The lowest BCUT2D eigenvalue weighted by atomic mass is 10.1. The van der Waals surface area contributed by atoms with Crippen LogP contribution in [0.4, 0.5) is 5.69 Å². The molecule has 0 aliphatic carbocycles. The molecule has 4 heteroatoms. The van der Waals surface area contributed by atoms with E-state index in [2.05, 4.69) is 10.4 Å². The Bertz CT molecular complexity index is 762. The first-order valence-corrected chi connectivity index (χ1v) is 6.68. The minimum atomic E-state index is -0.119. The number of rotatable bonds is 3. The van der Waals surface area contributed by atoms with Gasteiger partial charge in [0.15, 0.2) is 0 Å². The van der Waals surface area contributed by atoms with Crippen molar-refractivity contribution < 1.29 is 4.79 Å². The molecule has 1 amide bonds. The van der Waals surface area contributed by atoms with E-state index < -0.39 is 0 Å². The number of aromatic nitrogens is 2. The molecular weight excluding hydrogens is 262 g/mol. The van der Waals surface area contributed by atoms with Gasteiger partial charge in [-0.25, -0.2) is 0 Å². The summed E-state index contributed by atoms with van der Waals surface area (Å²) in [4.78, 5) is 12.3. The second-order valence-electron chi connectivity index (χ2n) is 4.80. The van der Waals surface area contributed by atoms with Crippen LogP contribution in [0.25, 0.3) is 11.1 Å². The molecular formula is C17H15N3O. The molecule has 3 rings (SSSR count). The van der Waals surface area contributed by atoms with Gasteiger partial charge in [0.2, 0.25) is 0 Å². The number of nitrogens with zero attached hydrogens (tertiary/aromatic N) is 2. The molecule has 0 unspecified atom stereocenters. The van der Waals surface area contributed by atoms with Crippen LogP contribution in [-0.4, -0.2) is 15.7 Å². The van der Waals surface area contributed by atoms with Gasteiger partial charge in [-0.1, -0.05) is 30.3 Å². The highest BCUT2D eigenvalue weighted by Crippen LogP contribution is 2.20. The Balaban J connectivity index is 1.84. The summed E-state index contributed by atoms with van der Waals surface area (Å²) in [5.41, 5.74) is 3.38. The summed E-state index contributed by atoms with van der Waals surface area (Å²) in [6.07, 6.45) is 3.71. The van der Waals surface area contributed by atoms with Gasteiger partial charge in [0.1, 0.15) is 0 Å². The molecule has 0 radical (unpaired) electrons. The Kier molecular flexibility index (Phi) is 3.51. The van der Waals surface area contributed by atoms with Gasteiger partial charge >= 0.3 is 0 Å². The van der Waals surface area contributed by atoms with Crippen molar-refractivity contribution in [3.8, 4) is 11.1 Å². The zero-order valence-corrected chi connectivity index (χ0v) is 11.7. The molecule has 1 heterocycles. The number of aryl methyl sites for hydroxylation is 1. The van der Waals surface area contributed by atoms with Crippen LogP contribution in [0.3, 0.4) is 0 Å². The summed E-state index contributed by atoms with van der Waals surface area (Å²) < 4.78 is 1.74. The van der Waals surface area contributed by atoms with Gasteiger partial charge in [-0.3, -0.25) is 9.48 Å². The largest absolute Gasteiger partial charge is 0.322 e. The second-order valence-corrected chi connectivity index (χ2v) is 4.80. The molecule has 0 atom stereocenters. The van der Waals surface area contributed by atoms with Gasteiger partial charge in [0.05, 0.1) is 6.20 Å². The lowest BCUT2D eigenvalue weighted by molar-refractivity contribution is 0.102. The third-order valence-corrected chi connectivity index (χ3v) is 3.19. The van der Waals surface area contributed by atoms with E-state index in [1.165, 1.54) is 0 Å². The number of hydrogen-bond acceptors (Lipinski definition) is 2. The Hall–Kier alpha value is -2.88. The molecule has 0 bridgehead atoms. The molecule has 1 aromatic heterocycles. The summed E-state index contributed by atoms with van der Waals surface area (Å²) in [6.45, 7) is 0. The monoisotopic (exact) mass is 277 g/mol. The Labute approximate surface area is 123 Å². The van der Waals surface area contributed by atoms with Crippen molar-refractivity contribution in [3.05, 3.63) is 72.6 Å². The first kappa shape index (κ1) is 13.1. The summed E-state index contributed by atoms with van der Waals surface area (Å²) >= 11 is 0. The molecule has 21 heavy (non-hydrogen) atoms. The number of amides is 1. The number of carbonyl (C=O) groups is 1. The fraction of sp³-hybridized carbons (Fsp3) is 0.0588. The smallest absolute Gasteiger partial charge is 0.255 e. The fourth-order valence-corrected chi connectivity index (χ4v) is 2.14. The van der Waals surface area contributed by atoms with Gasteiger partial charge in [-0.15, -0.1) is 0 Å². The molecule has 4 nitrogen and oxygen atoms in total. The SMILES string of the molecule is Cn1cc(-c2cccc(C(=O)Nc3ccccc3)c2)cn1. The van der Waals surface area contributed by atoms with Crippen molar-refractivity contribution >= 4 is 11.6 Å². The third-order valence-electron chi connectivity index (χ3n) is 3.19. The predicted octanol–water partition coefficient (Wildman–Crippen LogP) is 3.34. The molecule has 0 aliphatic rings. The fourth-order valence-electron chi connectivity index (χ4n) is 2.14. The molecule has 0 saturated heterocycles. The first-order valence-electron chi connectivity index (χ1n) is 6.68. The average Bonchev–Trinajstić information content (AvgIpc) is 2.95. The lowest BCUT2D eigenvalue weighted by Crippen LogP contribution is -2.11. The zero-order chi connectivity index (χ0) is 14.7. The van der Waals surface area contributed by atoms with Crippen molar-refractivity contribution in [2.24, 2.45) is 7.05 Å². The number of benzene rings is 2.